The van der Waals surface area contributed by atoms with Gasteiger partial charge >= 0.3 is 0 Å². The Labute approximate surface area is 112 Å². The number of aromatic nitrogens is 2. The summed E-state index contributed by atoms with van der Waals surface area (Å²) in [5.41, 5.74) is 3.29. The molecule has 2 aromatic rings. The van der Waals surface area contributed by atoms with Crippen LogP contribution in [0.25, 0.3) is 5.69 Å². The first-order valence-corrected chi connectivity index (χ1v) is 6.60. The summed E-state index contributed by atoms with van der Waals surface area (Å²) in [5.74, 6) is 0.917. The van der Waals surface area contributed by atoms with Crippen LogP contribution in [0.4, 0.5) is 5.95 Å². The smallest absolute Gasteiger partial charge is 0.207 e. The number of nitrogens with one attached hydrogen (secondary N) is 1. The van der Waals surface area contributed by atoms with Gasteiger partial charge in [-0.3, -0.25) is 4.57 Å². The third-order valence-electron chi connectivity index (χ3n) is 3.17. The molecule has 0 unspecified atom stereocenters. The zero-order valence-electron chi connectivity index (χ0n) is 10.6. The maximum absolute atomic E-state index is 6.09. The Balaban J connectivity index is 2.06. The lowest BCUT2D eigenvalue weighted by molar-refractivity contribution is 0.994. The van der Waals surface area contributed by atoms with Crippen molar-refractivity contribution in [2.45, 2.75) is 32.7 Å². The molecular formula is C14H16ClN3. The van der Waals surface area contributed by atoms with Crippen molar-refractivity contribution >= 4 is 17.5 Å². The molecule has 1 N–H and O–H groups in total. The number of anilines is 1. The van der Waals surface area contributed by atoms with Gasteiger partial charge in [0, 0.05) is 17.3 Å². The number of benzene rings is 1. The van der Waals surface area contributed by atoms with Crippen molar-refractivity contribution in [3.63, 3.8) is 0 Å². The molecular weight excluding hydrogens is 246 g/mol. The SMILES string of the molecule is Cc1cn(-c2cc(Cl)ccc2C)c(NC2CC2)n1. The second-order valence-electron chi connectivity index (χ2n) is 4.93. The van der Waals surface area contributed by atoms with Gasteiger partial charge in [-0.1, -0.05) is 17.7 Å². The van der Waals surface area contributed by atoms with E-state index in [1.807, 2.05) is 31.3 Å². The predicted octanol–water partition coefficient (Wildman–Crippen LogP) is 3.72. The van der Waals surface area contributed by atoms with Crippen LogP contribution in [-0.2, 0) is 0 Å². The molecule has 0 saturated heterocycles. The van der Waals surface area contributed by atoms with Gasteiger partial charge in [-0.15, -0.1) is 0 Å². The highest BCUT2D eigenvalue weighted by Gasteiger charge is 2.23. The fourth-order valence-electron chi connectivity index (χ4n) is 2.04. The summed E-state index contributed by atoms with van der Waals surface area (Å²) in [4.78, 5) is 4.55. The third kappa shape index (κ3) is 2.23. The first kappa shape index (κ1) is 11.6. The molecule has 1 heterocycles. The Kier molecular flexibility index (Phi) is 2.78. The maximum atomic E-state index is 6.09. The van der Waals surface area contributed by atoms with Crippen LogP contribution < -0.4 is 5.32 Å². The molecule has 0 bridgehead atoms. The summed E-state index contributed by atoms with van der Waals surface area (Å²) >= 11 is 6.09. The highest BCUT2D eigenvalue weighted by atomic mass is 35.5. The van der Waals surface area contributed by atoms with Gasteiger partial charge in [0.05, 0.1) is 11.4 Å². The molecule has 1 fully saturated rings. The van der Waals surface area contributed by atoms with E-state index in [2.05, 4.69) is 21.8 Å². The van der Waals surface area contributed by atoms with Gasteiger partial charge < -0.3 is 5.32 Å². The fourth-order valence-corrected chi connectivity index (χ4v) is 2.20. The summed E-state index contributed by atoms with van der Waals surface area (Å²) < 4.78 is 2.09. The number of aryl methyl sites for hydroxylation is 2. The van der Waals surface area contributed by atoms with Crippen LogP contribution in [0.2, 0.25) is 5.02 Å². The zero-order valence-corrected chi connectivity index (χ0v) is 11.3. The van der Waals surface area contributed by atoms with Crippen molar-refractivity contribution in [1.82, 2.24) is 9.55 Å². The zero-order chi connectivity index (χ0) is 12.7. The summed E-state index contributed by atoms with van der Waals surface area (Å²) in [5, 5.41) is 4.21. The van der Waals surface area contributed by atoms with E-state index in [-0.39, 0.29) is 0 Å². The number of rotatable bonds is 3. The van der Waals surface area contributed by atoms with Gasteiger partial charge in [0.2, 0.25) is 5.95 Å². The topological polar surface area (TPSA) is 29.9 Å². The molecule has 0 amide bonds. The average molecular weight is 262 g/mol. The molecule has 94 valence electrons. The molecule has 1 aliphatic rings. The molecule has 0 aliphatic heterocycles. The molecule has 4 heteroatoms. The molecule has 0 atom stereocenters. The maximum Gasteiger partial charge on any atom is 0.207 e. The van der Waals surface area contributed by atoms with Crippen molar-refractivity contribution in [3.8, 4) is 5.69 Å². The molecule has 1 aliphatic carbocycles. The van der Waals surface area contributed by atoms with Crippen LogP contribution in [0.1, 0.15) is 24.1 Å². The highest BCUT2D eigenvalue weighted by molar-refractivity contribution is 6.30. The standard InChI is InChI=1S/C14H16ClN3/c1-9-3-4-11(15)7-13(9)18-8-10(2)16-14(18)17-12-5-6-12/h3-4,7-8,12H,5-6H2,1-2H3,(H,16,17). The van der Waals surface area contributed by atoms with E-state index in [1.54, 1.807) is 0 Å². The highest BCUT2D eigenvalue weighted by Crippen LogP contribution is 2.28. The lowest BCUT2D eigenvalue weighted by atomic mass is 10.2. The van der Waals surface area contributed by atoms with E-state index >= 15 is 0 Å². The molecule has 0 radical (unpaired) electrons. The Bertz CT molecular complexity index is 585. The Morgan fingerprint density at radius 2 is 2.11 bits per heavy atom. The predicted molar refractivity (Wildman–Crippen MR) is 74.7 cm³/mol. The quantitative estimate of drug-likeness (QED) is 0.913. The largest absolute Gasteiger partial charge is 0.353 e. The number of halogens is 1. The lowest BCUT2D eigenvalue weighted by Crippen LogP contribution is -2.08. The van der Waals surface area contributed by atoms with Crippen LogP contribution in [-0.4, -0.2) is 15.6 Å². The summed E-state index contributed by atoms with van der Waals surface area (Å²) in [6.45, 7) is 4.09. The first-order chi connectivity index (χ1) is 8.63. The number of hydrogen-bond donors (Lipinski definition) is 1. The van der Waals surface area contributed by atoms with Gasteiger partial charge in [0.15, 0.2) is 0 Å². The minimum Gasteiger partial charge on any atom is -0.353 e. The molecule has 0 spiro atoms. The second-order valence-corrected chi connectivity index (χ2v) is 5.36. The first-order valence-electron chi connectivity index (χ1n) is 6.22. The lowest BCUT2D eigenvalue weighted by Gasteiger charge is -2.12. The third-order valence-corrected chi connectivity index (χ3v) is 3.40. The average Bonchev–Trinajstić information content (AvgIpc) is 3.05. The van der Waals surface area contributed by atoms with Crippen molar-refractivity contribution in [1.29, 1.82) is 0 Å². The summed E-state index contributed by atoms with van der Waals surface area (Å²) in [6.07, 6.45) is 4.52. The second kappa shape index (κ2) is 4.32. The number of nitrogens with zero attached hydrogens (tertiary/aromatic N) is 2. The van der Waals surface area contributed by atoms with Gasteiger partial charge in [0.1, 0.15) is 0 Å². The molecule has 1 aromatic carbocycles. The van der Waals surface area contributed by atoms with Gasteiger partial charge in [-0.25, -0.2) is 4.98 Å². The summed E-state index contributed by atoms with van der Waals surface area (Å²) in [7, 11) is 0. The van der Waals surface area contributed by atoms with Gasteiger partial charge in [-0.05, 0) is 44.4 Å². The summed E-state index contributed by atoms with van der Waals surface area (Å²) in [6, 6.07) is 6.52. The molecule has 3 nitrogen and oxygen atoms in total. The molecule has 3 rings (SSSR count). The normalized spacial score (nSPS) is 14.8. The van der Waals surface area contributed by atoms with Crippen LogP contribution in [0, 0.1) is 13.8 Å². The van der Waals surface area contributed by atoms with Crippen molar-refractivity contribution in [2.24, 2.45) is 0 Å². The van der Waals surface area contributed by atoms with E-state index in [1.165, 1.54) is 18.4 Å². The van der Waals surface area contributed by atoms with Gasteiger partial charge in [0.25, 0.3) is 0 Å². The van der Waals surface area contributed by atoms with E-state index in [0.717, 1.165) is 22.4 Å². The Morgan fingerprint density at radius 1 is 1.33 bits per heavy atom. The Morgan fingerprint density at radius 3 is 2.83 bits per heavy atom. The Hall–Kier alpha value is -1.48. The monoisotopic (exact) mass is 261 g/mol. The van der Waals surface area contributed by atoms with Crippen LogP contribution >= 0.6 is 11.6 Å². The molecule has 1 saturated carbocycles. The minimum atomic E-state index is 0.588. The van der Waals surface area contributed by atoms with Gasteiger partial charge in [-0.2, -0.15) is 0 Å². The number of imidazole rings is 1. The fraction of sp³-hybridized carbons (Fsp3) is 0.357. The molecule has 1 aromatic heterocycles. The van der Waals surface area contributed by atoms with Crippen molar-refractivity contribution in [2.75, 3.05) is 5.32 Å². The van der Waals surface area contributed by atoms with Crippen LogP contribution in [0.15, 0.2) is 24.4 Å². The van der Waals surface area contributed by atoms with Crippen LogP contribution in [0.5, 0.6) is 0 Å². The van der Waals surface area contributed by atoms with E-state index in [9.17, 15) is 0 Å². The van der Waals surface area contributed by atoms with Crippen molar-refractivity contribution < 1.29 is 0 Å². The van der Waals surface area contributed by atoms with E-state index < -0.39 is 0 Å². The van der Waals surface area contributed by atoms with E-state index in [0.29, 0.717) is 6.04 Å². The number of hydrogen-bond acceptors (Lipinski definition) is 2. The van der Waals surface area contributed by atoms with E-state index in [4.69, 9.17) is 11.6 Å². The molecule has 18 heavy (non-hydrogen) atoms. The minimum absolute atomic E-state index is 0.588. The van der Waals surface area contributed by atoms with Crippen molar-refractivity contribution in [3.05, 3.63) is 40.7 Å². The van der Waals surface area contributed by atoms with Crippen LogP contribution in [0.3, 0.4) is 0 Å².